The Bertz CT molecular complexity index is 1020. The second kappa shape index (κ2) is 6.33. The van der Waals surface area contributed by atoms with Crippen molar-refractivity contribution < 1.29 is 18.7 Å². The Labute approximate surface area is 147 Å². The molecule has 0 N–H and O–H groups in total. The molecule has 1 amide bonds. The lowest BCUT2D eigenvalue weighted by Gasteiger charge is -2.03. The lowest BCUT2D eigenvalue weighted by atomic mass is 10.2. The van der Waals surface area contributed by atoms with Crippen LogP contribution in [0.15, 0.2) is 41.4 Å². The normalized spacial score (nSPS) is 13.6. The summed E-state index contributed by atoms with van der Waals surface area (Å²) in [5, 5.41) is 0. The molecule has 25 heavy (non-hydrogen) atoms. The third-order valence-electron chi connectivity index (χ3n) is 3.91. The van der Waals surface area contributed by atoms with Gasteiger partial charge < -0.3 is 14.0 Å². The first kappa shape index (κ1) is 15.8. The number of carbonyl (C=O) groups is 1. The van der Waals surface area contributed by atoms with Crippen LogP contribution < -0.4 is 14.3 Å². The van der Waals surface area contributed by atoms with Crippen molar-refractivity contribution >= 4 is 27.5 Å². The SMILES string of the molecule is CCCn1c(=NC(=O)c2ccc(F)cc2)sc2cc3c(cc21)OCO3. The van der Waals surface area contributed by atoms with Crippen LogP contribution in [0.3, 0.4) is 0 Å². The number of benzene rings is 2. The van der Waals surface area contributed by atoms with Crippen molar-refractivity contribution in [3.8, 4) is 11.5 Å². The summed E-state index contributed by atoms with van der Waals surface area (Å²) in [4.78, 5) is 17.3. The maximum Gasteiger partial charge on any atom is 0.279 e. The molecule has 4 rings (SSSR count). The van der Waals surface area contributed by atoms with E-state index in [1.165, 1.54) is 35.6 Å². The third-order valence-corrected chi connectivity index (χ3v) is 4.95. The second-order valence-electron chi connectivity index (χ2n) is 5.63. The number of rotatable bonds is 3. The summed E-state index contributed by atoms with van der Waals surface area (Å²) in [7, 11) is 0. The van der Waals surface area contributed by atoms with Gasteiger partial charge in [0.15, 0.2) is 16.3 Å². The quantitative estimate of drug-likeness (QED) is 0.717. The highest BCUT2D eigenvalue weighted by molar-refractivity contribution is 7.16. The van der Waals surface area contributed by atoms with Crippen molar-refractivity contribution in [2.75, 3.05) is 6.79 Å². The predicted octanol–water partition coefficient (Wildman–Crippen LogP) is 3.72. The largest absolute Gasteiger partial charge is 0.454 e. The lowest BCUT2D eigenvalue weighted by Crippen LogP contribution is -2.16. The number of amides is 1. The molecular formula is C18H15FN2O3S. The summed E-state index contributed by atoms with van der Waals surface area (Å²) in [5.74, 6) is 0.630. The molecule has 0 saturated carbocycles. The van der Waals surface area contributed by atoms with E-state index in [-0.39, 0.29) is 12.6 Å². The van der Waals surface area contributed by atoms with Gasteiger partial charge in [0.1, 0.15) is 5.82 Å². The molecule has 128 valence electrons. The van der Waals surface area contributed by atoms with E-state index in [4.69, 9.17) is 9.47 Å². The first-order valence-corrected chi connectivity index (χ1v) is 8.75. The van der Waals surface area contributed by atoms with Crippen molar-refractivity contribution in [2.24, 2.45) is 4.99 Å². The van der Waals surface area contributed by atoms with Crippen LogP contribution in [0.2, 0.25) is 0 Å². The van der Waals surface area contributed by atoms with E-state index in [0.29, 0.717) is 21.9 Å². The summed E-state index contributed by atoms with van der Waals surface area (Å²) >= 11 is 1.42. The Morgan fingerprint density at radius 1 is 1.24 bits per heavy atom. The van der Waals surface area contributed by atoms with E-state index in [2.05, 4.69) is 11.9 Å². The number of thiazole rings is 1. The highest BCUT2D eigenvalue weighted by Gasteiger charge is 2.18. The summed E-state index contributed by atoms with van der Waals surface area (Å²) in [6.45, 7) is 3.02. The smallest absolute Gasteiger partial charge is 0.279 e. The standard InChI is InChI=1S/C18H15FN2O3S/c1-2-7-21-13-8-14-15(24-10-23-14)9-16(13)25-18(21)20-17(22)11-3-5-12(19)6-4-11/h3-6,8-9H,2,7,10H2,1H3. The van der Waals surface area contributed by atoms with Crippen LogP contribution in [-0.2, 0) is 6.54 Å². The second-order valence-corrected chi connectivity index (χ2v) is 6.64. The van der Waals surface area contributed by atoms with Crippen molar-refractivity contribution in [1.82, 2.24) is 4.57 Å². The highest BCUT2D eigenvalue weighted by Crippen LogP contribution is 2.37. The minimum Gasteiger partial charge on any atom is -0.454 e. The number of nitrogens with zero attached hydrogens (tertiary/aromatic N) is 2. The molecular weight excluding hydrogens is 343 g/mol. The number of halogens is 1. The average Bonchev–Trinajstić information content (AvgIpc) is 3.18. The number of hydrogen-bond donors (Lipinski definition) is 0. The van der Waals surface area contributed by atoms with E-state index < -0.39 is 5.91 Å². The van der Waals surface area contributed by atoms with Gasteiger partial charge in [0.2, 0.25) is 6.79 Å². The van der Waals surface area contributed by atoms with Gasteiger partial charge in [-0.2, -0.15) is 4.99 Å². The predicted molar refractivity (Wildman–Crippen MR) is 92.5 cm³/mol. The Hall–Kier alpha value is -2.67. The van der Waals surface area contributed by atoms with E-state index in [1.54, 1.807) is 0 Å². The lowest BCUT2D eigenvalue weighted by molar-refractivity contribution is 0.0997. The Morgan fingerprint density at radius 3 is 2.68 bits per heavy atom. The summed E-state index contributed by atoms with van der Waals surface area (Å²) in [5.41, 5.74) is 1.32. The number of carbonyl (C=O) groups excluding carboxylic acids is 1. The van der Waals surface area contributed by atoms with Gasteiger partial charge >= 0.3 is 0 Å². The summed E-state index contributed by atoms with van der Waals surface area (Å²) in [6.07, 6.45) is 0.901. The molecule has 5 nitrogen and oxygen atoms in total. The molecule has 2 heterocycles. The Kier molecular flexibility index (Phi) is 4.01. The molecule has 0 aliphatic carbocycles. The van der Waals surface area contributed by atoms with Crippen LogP contribution in [0.5, 0.6) is 11.5 Å². The van der Waals surface area contributed by atoms with Crippen molar-refractivity contribution in [1.29, 1.82) is 0 Å². The average molecular weight is 358 g/mol. The van der Waals surface area contributed by atoms with Crippen molar-refractivity contribution in [2.45, 2.75) is 19.9 Å². The Balaban J connectivity index is 1.84. The Morgan fingerprint density at radius 2 is 1.96 bits per heavy atom. The molecule has 1 aliphatic rings. The third kappa shape index (κ3) is 2.91. The van der Waals surface area contributed by atoms with Gasteiger partial charge in [-0.05, 0) is 30.7 Å². The zero-order chi connectivity index (χ0) is 17.4. The van der Waals surface area contributed by atoms with Crippen LogP contribution in [0.25, 0.3) is 10.2 Å². The maximum atomic E-state index is 13.0. The maximum absolute atomic E-state index is 13.0. The van der Waals surface area contributed by atoms with Crippen LogP contribution in [-0.4, -0.2) is 17.3 Å². The molecule has 1 aromatic heterocycles. The molecule has 2 aromatic carbocycles. The summed E-state index contributed by atoms with van der Waals surface area (Å²) in [6, 6.07) is 9.23. The zero-order valence-corrected chi connectivity index (χ0v) is 14.3. The van der Waals surface area contributed by atoms with E-state index in [1.807, 2.05) is 16.7 Å². The fourth-order valence-electron chi connectivity index (χ4n) is 2.73. The molecule has 0 spiro atoms. The molecule has 0 fully saturated rings. The van der Waals surface area contributed by atoms with Gasteiger partial charge in [0, 0.05) is 24.2 Å². The molecule has 0 unspecified atom stereocenters. The topological polar surface area (TPSA) is 52.8 Å². The molecule has 7 heteroatoms. The van der Waals surface area contributed by atoms with Gasteiger partial charge in [0.25, 0.3) is 5.91 Å². The minimum atomic E-state index is -0.392. The van der Waals surface area contributed by atoms with Crippen LogP contribution in [0.1, 0.15) is 23.7 Å². The monoisotopic (exact) mass is 358 g/mol. The van der Waals surface area contributed by atoms with E-state index in [9.17, 15) is 9.18 Å². The number of ether oxygens (including phenoxy) is 2. The van der Waals surface area contributed by atoms with Crippen LogP contribution in [0.4, 0.5) is 4.39 Å². The van der Waals surface area contributed by atoms with E-state index in [0.717, 1.165) is 23.2 Å². The molecule has 0 bridgehead atoms. The number of aromatic nitrogens is 1. The number of hydrogen-bond acceptors (Lipinski definition) is 4. The molecule has 1 aliphatic heterocycles. The zero-order valence-electron chi connectivity index (χ0n) is 13.5. The highest BCUT2D eigenvalue weighted by atomic mass is 32.1. The van der Waals surface area contributed by atoms with Crippen LogP contribution >= 0.6 is 11.3 Å². The van der Waals surface area contributed by atoms with Gasteiger partial charge in [-0.3, -0.25) is 4.79 Å². The molecule has 0 saturated heterocycles. The van der Waals surface area contributed by atoms with Crippen LogP contribution in [0, 0.1) is 5.82 Å². The minimum absolute atomic E-state index is 0.223. The van der Waals surface area contributed by atoms with Gasteiger partial charge in [-0.1, -0.05) is 18.3 Å². The first-order chi connectivity index (χ1) is 12.2. The van der Waals surface area contributed by atoms with Gasteiger partial charge in [-0.15, -0.1) is 0 Å². The molecule has 0 atom stereocenters. The fourth-order valence-corrected chi connectivity index (χ4v) is 3.79. The molecule has 3 aromatic rings. The van der Waals surface area contributed by atoms with Crippen molar-refractivity contribution in [3.05, 3.63) is 52.6 Å². The van der Waals surface area contributed by atoms with E-state index >= 15 is 0 Å². The number of aryl methyl sites for hydroxylation is 1. The number of fused-ring (bicyclic) bond motifs is 2. The van der Waals surface area contributed by atoms with Gasteiger partial charge in [-0.25, -0.2) is 4.39 Å². The fraction of sp³-hybridized carbons (Fsp3) is 0.222. The molecule has 0 radical (unpaired) electrons. The van der Waals surface area contributed by atoms with Gasteiger partial charge in [0.05, 0.1) is 10.2 Å². The van der Waals surface area contributed by atoms with Crippen molar-refractivity contribution in [3.63, 3.8) is 0 Å². The summed E-state index contributed by atoms with van der Waals surface area (Å²) < 4.78 is 26.9. The first-order valence-electron chi connectivity index (χ1n) is 7.93.